The average molecular weight is 266 g/mol. The number of nitrogens with zero attached hydrogens (tertiary/aromatic N) is 2. The monoisotopic (exact) mass is 266 g/mol. The van der Waals surface area contributed by atoms with E-state index in [1.807, 2.05) is 7.05 Å². The smallest absolute Gasteiger partial charge is 0.341 e. The summed E-state index contributed by atoms with van der Waals surface area (Å²) in [7, 11) is 1.82. The molecule has 0 spiro atoms. The van der Waals surface area contributed by atoms with Crippen molar-refractivity contribution in [3.63, 3.8) is 0 Å². The van der Waals surface area contributed by atoms with Crippen LogP contribution in [0.1, 0.15) is 48.7 Å². The lowest BCUT2D eigenvalue weighted by Crippen LogP contribution is -2.12. The van der Waals surface area contributed by atoms with Crippen LogP contribution >= 0.6 is 0 Å². The minimum atomic E-state index is -0.324. The second-order valence-electron chi connectivity index (χ2n) is 5.01. The predicted molar refractivity (Wildman–Crippen MR) is 70.8 cm³/mol. The molecule has 2 rings (SSSR count). The summed E-state index contributed by atoms with van der Waals surface area (Å²) >= 11 is 0. The zero-order chi connectivity index (χ0) is 13.7. The van der Waals surface area contributed by atoms with Crippen molar-refractivity contribution < 1.29 is 14.3 Å². The summed E-state index contributed by atoms with van der Waals surface area (Å²) < 4.78 is 12.4. The fourth-order valence-electron chi connectivity index (χ4n) is 2.51. The molecule has 1 aromatic heterocycles. The molecule has 5 nitrogen and oxygen atoms in total. The van der Waals surface area contributed by atoms with E-state index in [4.69, 9.17) is 9.47 Å². The molecular weight excluding hydrogens is 244 g/mol. The molecular formula is C14H22N2O3. The number of carbonyl (C=O) groups excluding carboxylic acids is 1. The molecule has 0 saturated heterocycles. The van der Waals surface area contributed by atoms with Gasteiger partial charge >= 0.3 is 5.97 Å². The summed E-state index contributed by atoms with van der Waals surface area (Å²) in [5.74, 6) is 0.356. The highest BCUT2D eigenvalue weighted by Gasteiger charge is 2.19. The van der Waals surface area contributed by atoms with Gasteiger partial charge in [0.25, 0.3) is 0 Å². The Bertz CT molecular complexity index is 422. The molecule has 0 amide bonds. The first kappa shape index (κ1) is 14.1. The Morgan fingerprint density at radius 1 is 1.47 bits per heavy atom. The van der Waals surface area contributed by atoms with E-state index in [1.165, 1.54) is 25.7 Å². The molecule has 19 heavy (non-hydrogen) atoms. The first-order valence-corrected chi connectivity index (χ1v) is 6.98. The third kappa shape index (κ3) is 3.56. The Kier molecular flexibility index (Phi) is 4.96. The maximum Gasteiger partial charge on any atom is 0.341 e. The molecule has 1 heterocycles. The van der Waals surface area contributed by atoms with Gasteiger partial charge in [-0.1, -0.05) is 12.8 Å². The first-order valence-electron chi connectivity index (χ1n) is 6.98. The fraction of sp³-hybridized carbons (Fsp3) is 0.714. The quantitative estimate of drug-likeness (QED) is 0.741. The van der Waals surface area contributed by atoms with E-state index in [0.717, 1.165) is 12.3 Å². The minimum absolute atomic E-state index is 0.324. The zero-order valence-corrected chi connectivity index (χ0v) is 11.7. The molecule has 1 aromatic rings. The SMILES string of the molecule is CCOC(=O)c1cnn(C)c1COCC1CCCC1. The summed E-state index contributed by atoms with van der Waals surface area (Å²) in [5.41, 5.74) is 1.30. The van der Waals surface area contributed by atoms with Crippen molar-refractivity contribution >= 4 is 5.97 Å². The highest BCUT2D eigenvalue weighted by Crippen LogP contribution is 2.25. The van der Waals surface area contributed by atoms with Crippen molar-refractivity contribution in [2.45, 2.75) is 39.2 Å². The number of aryl methyl sites for hydroxylation is 1. The number of carbonyl (C=O) groups is 1. The largest absolute Gasteiger partial charge is 0.462 e. The Morgan fingerprint density at radius 3 is 2.89 bits per heavy atom. The Morgan fingerprint density at radius 2 is 2.21 bits per heavy atom. The topological polar surface area (TPSA) is 53.3 Å². The van der Waals surface area contributed by atoms with Crippen LogP contribution in [0.3, 0.4) is 0 Å². The highest BCUT2D eigenvalue weighted by atomic mass is 16.5. The van der Waals surface area contributed by atoms with Gasteiger partial charge in [0.15, 0.2) is 0 Å². The van der Waals surface area contributed by atoms with Crippen LogP contribution in [0.2, 0.25) is 0 Å². The zero-order valence-electron chi connectivity index (χ0n) is 11.7. The van der Waals surface area contributed by atoms with E-state index in [2.05, 4.69) is 5.10 Å². The van der Waals surface area contributed by atoms with Crippen LogP contribution in [0.4, 0.5) is 0 Å². The molecule has 1 aliphatic rings. The normalized spacial score (nSPS) is 15.9. The Balaban J connectivity index is 1.91. The van der Waals surface area contributed by atoms with Gasteiger partial charge in [-0.3, -0.25) is 4.68 Å². The Labute approximate surface area is 113 Å². The number of ether oxygens (including phenoxy) is 2. The lowest BCUT2D eigenvalue weighted by molar-refractivity contribution is 0.0511. The number of hydrogen-bond donors (Lipinski definition) is 0. The molecule has 106 valence electrons. The van der Waals surface area contributed by atoms with Gasteiger partial charge in [0.1, 0.15) is 5.56 Å². The number of hydrogen-bond acceptors (Lipinski definition) is 4. The molecule has 5 heteroatoms. The Hall–Kier alpha value is -1.36. The second-order valence-corrected chi connectivity index (χ2v) is 5.01. The highest BCUT2D eigenvalue weighted by molar-refractivity contribution is 5.90. The van der Waals surface area contributed by atoms with Crippen LogP contribution in [0.25, 0.3) is 0 Å². The third-order valence-electron chi connectivity index (χ3n) is 3.62. The molecule has 0 aromatic carbocycles. The van der Waals surface area contributed by atoms with Gasteiger partial charge < -0.3 is 9.47 Å². The van der Waals surface area contributed by atoms with E-state index in [-0.39, 0.29) is 5.97 Å². The predicted octanol–water partition coefficient (Wildman–Crippen LogP) is 2.30. The molecule has 0 bridgehead atoms. The summed E-state index contributed by atoms with van der Waals surface area (Å²) in [6.07, 6.45) is 6.69. The maximum absolute atomic E-state index is 11.8. The second kappa shape index (κ2) is 6.70. The molecule has 0 radical (unpaired) electrons. The molecule has 1 aliphatic carbocycles. The van der Waals surface area contributed by atoms with Gasteiger partial charge in [-0.2, -0.15) is 5.10 Å². The first-order chi connectivity index (χ1) is 9.22. The van der Waals surface area contributed by atoms with Crippen molar-refractivity contribution in [2.24, 2.45) is 13.0 Å². The van der Waals surface area contributed by atoms with Crippen molar-refractivity contribution in [2.75, 3.05) is 13.2 Å². The van der Waals surface area contributed by atoms with Crippen molar-refractivity contribution in [1.29, 1.82) is 0 Å². The summed E-state index contributed by atoms with van der Waals surface area (Å²) in [4.78, 5) is 11.8. The molecule has 0 aliphatic heterocycles. The van der Waals surface area contributed by atoms with Gasteiger partial charge in [0, 0.05) is 13.7 Å². The van der Waals surface area contributed by atoms with Gasteiger partial charge in [0.05, 0.1) is 25.1 Å². The van der Waals surface area contributed by atoms with E-state index in [1.54, 1.807) is 17.8 Å². The van der Waals surface area contributed by atoms with E-state index < -0.39 is 0 Å². The van der Waals surface area contributed by atoms with Crippen molar-refractivity contribution in [1.82, 2.24) is 9.78 Å². The lowest BCUT2D eigenvalue weighted by Gasteiger charge is -2.11. The van der Waals surface area contributed by atoms with E-state index >= 15 is 0 Å². The molecule has 0 unspecified atom stereocenters. The van der Waals surface area contributed by atoms with Crippen LogP contribution in [0, 0.1) is 5.92 Å². The third-order valence-corrected chi connectivity index (χ3v) is 3.62. The van der Waals surface area contributed by atoms with Crippen molar-refractivity contribution in [3.05, 3.63) is 17.5 Å². The van der Waals surface area contributed by atoms with Gasteiger partial charge in [-0.25, -0.2) is 4.79 Å². The lowest BCUT2D eigenvalue weighted by atomic mass is 10.1. The van der Waals surface area contributed by atoms with Crippen molar-refractivity contribution in [3.8, 4) is 0 Å². The standard InChI is InChI=1S/C14H22N2O3/c1-3-19-14(17)12-8-15-16(2)13(12)10-18-9-11-6-4-5-7-11/h8,11H,3-7,9-10H2,1-2H3. The van der Waals surface area contributed by atoms with Crippen LogP contribution < -0.4 is 0 Å². The van der Waals surface area contributed by atoms with E-state index in [9.17, 15) is 4.79 Å². The maximum atomic E-state index is 11.8. The minimum Gasteiger partial charge on any atom is -0.462 e. The molecule has 0 N–H and O–H groups in total. The van der Waals surface area contributed by atoms with Crippen LogP contribution in [0.15, 0.2) is 6.20 Å². The molecule has 0 atom stereocenters. The van der Waals surface area contributed by atoms with Gasteiger partial charge in [-0.05, 0) is 25.7 Å². The van der Waals surface area contributed by atoms with Crippen LogP contribution in [-0.2, 0) is 23.1 Å². The number of rotatable bonds is 6. The number of aromatic nitrogens is 2. The van der Waals surface area contributed by atoms with Crippen LogP contribution in [0.5, 0.6) is 0 Å². The fourth-order valence-corrected chi connectivity index (χ4v) is 2.51. The molecule has 1 fully saturated rings. The summed E-state index contributed by atoms with van der Waals surface area (Å²) in [6, 6.07) is 0. The van der Waals surface area contributed by atoms with Gasteiger partial charge in [-0.15, -0.1) is 0 Å². The number of esters is 1. The summed E-state index contributed by atoms with van der Waals surface area (Å²) in [6.45, 7) is 3.36. The van der Waals surface area contributed by atoms with Crippen LogP contribution in [-0.4, -0.2) is 29.0 Å². The molecule has 1 saturated carbocycles. The van der Waals surface area contributed by atoms with Gasteiger partial charge in [0.2, 0.25) is 0 Å². The average Bonchev–Trinajstić information content (AvgIpc) is 3.01. The summed E-state index contributed by atoms with van der Waals surface area (Å²) in [5, 5.41) is 4.11. The van der Waals surface area contributed by atoms with E-state index in [0.29, 0.717) is 24.7 Å².